The van der Waals surface area contributed by atoms with Crippen LogP contribution in [-0.4, -0.2) is 41.6 Å². The number of ether oxygens (including phenoxy) is 2. The summed E-state index contributed by atoms with van der Waals surface area (Å²) in [5, 5.41) is 7.72. The number of carboxylic acid groups (broad SMARTS) is 1. The summed E-state index contributed by atoms with van der Waals surface area (Å²) in [7, 11) is 0. The van der Waals surface area contributed by atoms with E-state index in [9.17, 15) is 14.4 Å². The zero-order valence-corrected chi connectivity index (χ0v) is 14.7. The Morgan fingerprint density at radius 1 is 1.04 bits per heavy atom. The standard InChI is InChI=1S/C12H15ClO6.C2H2Cl2/c1-7(2)11(16)18-5-9(13)6-19-12(17)8(3)4-10(14)15;1-2(3)4/h9H,1,3-6H2,2H3,(H,14,15);1H2. The molecule has 0 bridgehead atoms. The molecule has 0 aliphatic rings. The molecule has 1 unspecified atom stereocenters. The SMILES string of the molecule is C=C(C)C(=O)OCC(Cl)COC(=O)C(=C)CC(=O)O.C=C(Cl)Cl. The van der Waals surface area contributed by atoms with E-state index in [1.54, 1.807) is 0 Å². The monoisotopic (exact) mass is 386 g/mol. The van der Waals surface area contributed by atoms with Gasteiger partial charge in [-0.15, -0.1) is 11.6 Å². The Bertz CT molecular complexity index is 483. The molecule has 0 radical (unpaired) electrons. The lowest BCUT2D eigenvalue weighted by atomic mass is 10.2. The second kappa shape index (κ2) is 13.0. The highest BCUT2D eigenvalue weighted by atomic mass is 35.5. The zero-order chi connectivity index (χ0) is 18.6. The Balaban J connectivity index is 0. The Morgan fingerprint density at radius 3 is 1.78 bits per heavy atom. The van der Waals surface area contributed by atoms with Crippen LogP contribution >= 0.6 is 34.8 Å². The zero-order valence-electron chi connectivity index (χ0n) is 12.4. The third-order valence-electron chi connectivity index (χ3n) is 1.79. The molecule has 1 N–H and O–H groups in total. The summed E-state index contributed by atoms with van der Waals surface area (Å²) in [4.78, 5) is 32.6. The van der Waals surface area contributed by atoms with Gasteiger partial charge in [-0.05, 0) is 6.92 Å². The van der Waals surface area contributed by atoms with Crippen LogP contribution in [0.25, 0.3) is 0 Å². The summed E-state index contributed by atoms with van der Waals surface area (Å²) in [6.45, 7) is 10.9. The molecular weight excluding hydrogens is 371 g/mol. The summed E-state index contributed by atoms with van der Waals surface area (Å²) in [6.07, 6.45) is -0.504. The van der Waals surface area contributed by atoms with Gasteiger partial charge in [0.1, 0.15) is 18.6 Å². The fraction of sp³-hybridized carbons (Fsp3) is 0.357. The molecule has 130 valence electrons. The summed E-state index contributed by atoms with van der Waals surface area (Å²) in [6, 6.07) is 0. The van der Waals surface area contributed by atoms with Crippen LogP contribution in [0.15, 0.2) is 35.4 Å². The lowest BCUT2D eigenvalue weighted by molar-refractivity contribution is -0.144. The average molecular weight is 388 g/mol. The number of halogens is 3. The van der Waals surface area contributed by atoms with Gasteiger partial charge in [0.15, 0.2) is 0 Å². The van der Waals surface area contributed by atoms with Crippen molar-refractivity contribution in [2.75, 3.05) is 13.2 Å². The fourth-order valence-electron chi connectivity index (χ4n) is 0.860. The molecular formula is C14H17Cl3O6. The van der Waals surface area contributed by atoms with Gasteiger partial charge in [-0.2, -0.15) is 0 Å². The van der Waals surface area contributed by atoms with Gasteiger partial charge in [-0.1, -0.05) is 42.9 Å². The molecule has 9 heteroatoms. The number of carboxylic acids is 1. The lowest BCUT2D eigenvalue weighted by Crippen LogP contribution is -2.22. The summed E-state index contributed by atoms with van der Waals surface area (Å²) in [5.41, 5.74) is 0.0472. The molecule has 0 amide bonds. The van der Waals surface area contributed by atoms with E-state index in [1.807, 2.05) is 0 Å². The fourth-order valence-corrected chi connectivity index (χ4v) is 0.986. The average Bonchev–Trinajstić information content (AvgIpc) is 2.40. The topological polar surface area (TPSA) is 89.9 Å². The molecule has 6 nitrogen and oxygen atoms in total. The lowest BCUT2D eigenvalue weighted by Gasteiger charge is -2.11. The minimum atomic E-state index is -1.18. The van der Waals surface area contributed by atoms with Crippen molar-refractivity contribution in [1.82, 2.24) is 0 Å². The molecule has 0 heterocycles. The predicted octanol–water partition coefficient (Wildman–Crippen LogP) is 3.22. The van der Waals surface area contributed by atoms with Crippen molar-refractivity contribution in [2.24, 2.45) is 0 Å². The van der Waals surface area contributed by atoms with Crippen molar-refractivity contribution in [3.8, 4) is 0 Å². The van der Waals surface area contributed by atoms with E-state index >= 15 is 0 Å². The van der Waals surface area contributed by atoms with Crippen molar-refractivity contribution in [3.05, 3.63) is 35.4 Å². The Labute approximate surface area is 149 Å². The number of aliphatic carboxylic acids is 1. The minimum Gasteiger partial charge on any atom is -0.481 e. The van der Waals surface area contributed by atoms with Gasteiger partial charge in [0.25, 0.3) is 0 Å². The van der Waals surface area contributed by atoms with Crippen LogP contribution in [0.4, 0.5) is 0 Å². The number of hydrogen-bond donors (Lipinski definition) is 1. The molecule has 0 aromatic heterocycles. The number of alkyl halides is 1. The van der Waals surface area contributed by atoms with E-state index in [-0.39, 0.29) is 28.9 Å². The summed E-state index contributed by atoms with van der Waals surface area (Å²) >= 11 is 15.4. The van der Waals surface area contributed by atoms with Gasteiger partial charge in [0, 0.05) is 11.1 Å². The first-order chi connectivity index (χ1) is 10.5. The Morgan fingerprint density at radius 2 is 1.43 bits per heavy atom. The Kier molecular flexibility index (Phi) is 13.4. The van der Waals surface area contributed by atoms with Gasteiger partial charge >= 0.3 is 17.9 Å². The van der Waals surface area contributed by atoms with Crippen LogP contribution in [0.2, 0.25) is 0 Å². The largest absolute Gasteiger partial charge is 0.481 e. The van der Waals surface area contributed by atoms with Crippen molar-refractivity contribution in [3.63, 3.8) is 0 Å². The molecule has 0 aromatic carbocycles. The van der Waals surface area contributed by atoms with Gasteiger partial charge in [-0.3, -0.25) is 4.79 Å². The third-order valence-corrected chi connectivity index (χ3v) is 2.04. The maximum absolute atomic E-state index is 11.3. The van der Waals surface area contributed by atoms with E-state index in [1.165, 1.54) is 6.92 Å². The summed E-state index contributed by atoms with van der Waals surface area (Å²) < 4.78 is 9.57. The number of carbonyl (C=O) groups is 3. The molecule has 0 rings (SSSR count). The van der Waals surface area contributed by atoms with E-state index in [0.717, 1.165) is 0 Å². The smallest absolute Gasteiger partial charge is 0.334 e. The molecule has 0 fully saturated rings. The van der Waals surface area contributed by atoms with E-state index in [0.29, 0.717) is 0 Å². The van der Waals surface area contributed by atoms with Crippen molar-refractivity contribution < 1.29 is 29.0 Å². The molecule has 0 aliphatic carbocycles. The number of hydrogen-bond acceptors (Lipinski definition) is 5. The van der Waals surface area contributed by atoms with Crippen LogP contribution in [-0.2, 0) is 23.9 Å². The van der Waals surface area contributed by atoms with E-state index < -0.39 is 29.7 Å². The van der Waals surface area contributed by atoms with Crippen LogP contribution in [0.1, 0.15) is 13.3 Å². The maximum atomic E-state index is 11.3. The number of rotatable bonds is 8. The predicted molar refractivity (Wildman–Crippen MR) is 88.6 cm³/mol. The summed E-state index contributed by atoms with van der Waals surface area (Å²) in [5.74, 6) is -2.62. The first-order valence-electron chi connectivity index (χ1n) is 6.00. The first-order valence-corrected chi connectivity index (χ1v) is 7.19. The second-order valence-electron chi connectivity index (χ2n) is 4.09. The molecule has 0 spiro atoms. The molecule has 1 atom stereocenters. The molecule has 23 heavy (non-hydrogen) atoms. The highest BCUT2D eigenvalue weighted by Gasteiger charge is 2.16. The van der Waals surface area contributed by atoms with E-state index in [2.05, 4.69) is 19.7 Å². The van der Waals surface area contributed by atoms with Gasteiger partial charge in [0.05, 0.1) is 10.9 Å². The maximum Gasteiger partial charge on any atom is 0.334 e. The first kappa shape index (κ1) is 23.8. The van der Waals surface area contributed by atoms with Crippen molar-refractivity contribution >= 4 is 52.7 Å². The van der Waals surface area contributed by atoms with Crippen molar-refractivity contribution in [2.45, 2.75) is 18.7 Å². The van der Waals surface area contributed by atoms with Crippen LogP contribution in [0.5, 0.6) is 0 Å². The van der Waals surface area contributed by atoms with Crippen LogP contribution in [0.3, 0.4) is 0 Å². The molecule has 0 aromatic rings. The molecule has 0 saturated carbocycles. The van der Waals surface area contributed by atoms with Crippen molar-refractivity contribution in [1.29, 1.82) is 0 Å². The van der Waals surface area contributed by atoms with Crippen LogP contribution < -0.4 is 0 Å². The second-order valence-corrected chi connectivity index (χ2v) is 5.81. The Hall–Kier alpha value is -1.50. The molecule has 0 aliphatic heterocycles. The normalized spacial score (nSPS) is 10.4. The van der Waals surface area contributed by atoms with Gasteiger partial charge in [-0.25, -0.2) is 9.59 Å². The minimum absolute atomic E-state index is 0.111. The van der Waals surface area contributed by atoms with Gasteiger partial charge < -0.3 is 14.6 Å². The van der Waals surface area contributed by atoms with Gasteiger partial charge in [0.2, 0.25) is 0 Å². The van der Waals surface area contributed by atoms with E-state index in [4.69, 9.17) is 49.4 Å². The number of carbonyl (C=O) groups excluding carboxylic acids is 2. The highest BCUT2D eigenvalue weighted by molar-refractivity contribution is 6.55. The van der Waals surface area contributed by atoms with Crippen LogP contribution in [0, 0.1) is 0 Å². The third kappa shape index (κ3) is 16.7. The highest BCUT2D eigenvalue weighted by Crippen LogP contribution is 2.05. The number of esters is 2. The quantitative estimate of drug-likeness (QED) is 0.391. The molecule has 0 saturated heterocycles.